The summed E-state index contributed by atoms with van der Waals surface area (Å²) >= 11 is 0. The van der Waals surface area contributed by atoms with Crippen LogP contribution in [0.15, 0.2) is 83.1 Å². The number of ether oxygens (including phenoxy) is 1. The van der Waals surface area contributed by atoms with Crippen LogP contribution in [0.3, 0.4) is 0 Å². The molecule has 166 valence electrons. The molecule has 0 radical (unpaired) electrons. The molecule has 1 heterocycles. The molecule has 3 rings (SSSR count). The molecule has 0 aliphatic carbocycles. The Bertz CT molecular complexity index is 1060. The number of rotatable bonds is 8. The second kappa shape index (κ2) is 10.3. The minimum absolute atomic E-state index is 0.0288. The van der Waals surface area contributed by atoms with Gasteiger partial charge in [0.25, 0.3) is 11.8 Å². The van der Waals surface area contributed by atoms with Crippen molar-refractivity contribution in [3.05, 3.63) is 95.6 Å². The monoisotopic (exact) mass is 444 g/mol. The molecule has 9 heteroatoms. The van der Waals surface area contributed by atoms with E-state index < -0.39 is 24.6 Å². The molecule has 0 atom stereocenters. The van der Waals surface area contributed by atoms with Crippen LogP contribution >= 0.6 is 0 Å². The lowest BCUT2D eigenvalue weighted by molar-refractivity contribution is -0.153. The van der Waals surface area contributed by atoms with Gasteiger partial charge in [-0.2, -0.15) is 13.2 Å². The Hall–Kier alpha value is -4.01. The van der Waals surface area contributed by atoms with Gasteiger partial charge in [0.05, 0.1) is 6.26 Å². The molecule has 2 aromatic carbocycles. The maximum Gasteiger partial charge on any atom is 0.422 e. The first kappa shape index (κ1) is 22.7. The number of hydrogen-bond donors (Lipinski definition) is 2. The molecule has 0 saturated carbocycles. The third-order valence-corrected chi connectivity index (χ3v) is 4.14. The van der Waals surface area contributed by atoms with Crippen LogP contribution in [0.25, 0.3) is 6.08 Å². The van der Waals surface area contributed by atoms with Crippen LogP contribution in [0.5, 0.6) is 5.75 Å². The number of benzene rings is 2. The van der Waals surface area contributed by atoms with Gasteiger partial charge in [-0.25, -0.2) is 0 Å². The predicted molar refractivity (Wildman–Crippen MR) is 110 cm³/mol. The number of furan rings is 1. The summed E-state index contributed by atoms with van der Waals surface area (Å²) in [6, 6.07) is 17.5. The van der Waals surface area contributed by atoms with Crippen molar-refractivity contribution in [3.63, 3.8) is 0 Å². The van der Waals surface area contributed by atoms with E-state index in [1.807, 2.05) is 0 Å². The standard InChI is InChI=1S/C23H19F3N2O4/c24-23(25,26)15-32-18-10-8-16(9-11-18)14-27-22(30)20(13-19-7-4-12-31-19)28-21(29)17-5-2-1-3-6-17/h1-13H,14-15H2,(H,27,30)(H,28,29)/b20-13-. The summed E-state index contributed by atoms with van der Waals surface area (Å²) in [7, 11) is 0. The molecule has 0 fully saturated rings. The summed E-state index contributed by atoms with van der Waals surface area (Å²) in [4.78, 5) is 25.2. The Morgan fingerprint density at radius 3 is 2.31 bits per heavy atom. The molecule has 0 aliphatic heterocycles. The zero-order valence-electron chi connectivity index (χ0n) is 16.7. The summed E-state index contributed by atoms with van der Waals surface area (Å²) < 4.78 is 46.6. The summed E-state index contributed by atoms with van der Waals surface area (Å²) in [5.41, 5.74) is 0.975. The maximum absolute atomic E-state index is 12.7. The fourth-order valence-electron chi connectivity index (χ4n) is 2.60. The number of amides is 2. The van der Waals surface area contributed by atoms with Gasteiger partial charge >= 0.3 is 6.18 Å². The summed E-state index contributed by atoms with van der Waals surface area (Å²) in [5, 5.41) is 5.23. The minimum Gasteiger partial charge on any atom is -0.484 e. The van der Waals surface area contributed by atoms with Crippen molar-refractivity contribution < 1.29 is 31.9 Å². The van der Waals surface area contributed by atoms with Crippen LogP contribution in [0.4, 0.5) is 13.2 Å². The van der Waals surface area contributed by atoms with Crippen molar-refractivity contribution in [2.75, 3.05) is 6.61 Å². The largest absolute Gasteiger partial charge is 0.484 e. The van der Waals surface area contributed by atoms with Gasteiger partial charge in [0.2, 0.25) is 0 Å². The van der Waals surface area contributed by atoms with Gasteiger partial charge in [-0.1, -0.05) is 30.3 Å². The Morgan fingerprint density at radius 2 is 1.69 bits per heavy atom. The fourth-order valence-corrected chi connectivity index (χ4v) is 2.60. The highest BCUT2D eigenvalue weighted by Gasteiger charge is 2.28. The van der Waals surface area contributed by atoms with E-state index in [2.05, 4.69) is 15.4 Å². The van der Waals surface area contributed by atoms with E-state index in [1.165, 1.54) is 36.6 Å². The van der Waals surface area contributed by atoms with Crippen LogP contribution < -0.4 is 15.4 Å². The van der Waals surface area contributed by atoms with Crippen molar-refractivity contribution in [1.29, 1.82) is 0 Å². The van der Waals surface area contributed by atoms with E-state index in [1.54, 1.807) is 42.5 Å². The predicted octanol–water partition coefficient (Wildman–Crippen LogP) is 4.31. The van der Waals surface area contributed by atoms with Crippen molar-refractivity contribution in [1.82, 2.24) is 10.6 Å². The van der Waals surface area contributed by atoms with Crippen LogP contribution in [0, 0.1) is 0 Å². The number of carbonyl (C=O) groups excluding carboxylic acids is 2. The van der Waals surface area contributed by atoms with Gasteiger partial charge in [-0.3, -0.25) is 9.59 Å². The number of alkyl halides is 3. The lowest BCUT2D eigenvalue weighted by Crippen LogP contribution is -2.34. The fraction of sp³-hybridized carbons (Fsp3) is 0.130. The topological polar surface area (TPSA) is 80.6 Å². The molecule has 3 aromatic rings. The minimum atomic E-state index is -4.42. The second-order valence-electron chi connectivity index (χ2n) is 6.62. The third kappa shape index (κ3) is 7.05. The van der Waals surface area contributed by atoms with E-state index in [4.69, 9.17) is 4.42 Å². The summed E-state index contributed by atoms with van der Waals surface area (Å²) in [5.74, 6) is -0.603. The van der Waals surface area contributed by atoms with Crippen molar-refractivity contribution >= 4 is 17.9 Å². The highest BCUT2D eigenvalue weighted by Crippen LogP contribution is 2.19. The number of nitrogens with one attached hydrogen (secondary N) is 2. The summed E-state index contributed by atoms with van der Waals surface area (Å²) in [6.07, 6.45) is -1.60. The van der Waals surface area contributed by atoms with E-state index in [0.717, 1.165) is 0 Å². The Kier molecular flexibility index (Phi) is 7.33. The molecule has 0 spiro atoms. The van der Waals surface area contributed by atoms with Crippen LogP contribution in [0.1, 0.15) is 21.7 Å². The van der Waals surface area contributed by atoms with E-state index in [0.29, 0.717) is 16.9 Å². The quantitative estimate of drug-likeness (QED) is 0.508. The molecule has 32 heavy (non-hydrogen) atoms. The van der Waals surface area contributed by atoms with Gasteiger partial charge in [0, 0.05) is 18.2 Å². The third-order valence-electron chi connectivity index (χ3n) is 4.14. The summed E-state index contributed by atoms with van der Waals surface area (Å²) in [6.45, 7) is -1.31. The van der Waals surface area contributed by atoms with Crippen LogP contribution in [-0.4, -0.2) is 24.6 Å². The van der Waals surface area contributed by atoms with E-state index in [9.17, 15) is 22.8 Å². The molecule has 0 aliphatic rings. The maximum atomic E-state index is 12.7. The molecule has 0 unspecified atom stereocenters. The zero-order valence-corrected chi connectivity index (χ0v) is 16.7. The highest BCUT2D eigenvalue weighted by atomic mass is 19.4. The van der Waals surface area contributed by atoms with Crippen molar-refractivity contribution in [2.45, 2.75) is 12.7 Å². The Labute approximate surface area is 181 Å². The number of halogens is 3. The van der Waals surface area contributed by atoms with E-state index in [-0.39, 0.29) is 18.0 Å². The number of carbonyl (C=O) groups is 2. The van der Waals surface area contributed by atoms with Gasteiger partial charge in [0.1, 0.15) is 17.2 Å². The van der Waals surface area contributed by atoms with Gasteiger partial charge < -0.3 is 19.8 Å². The van der Waals surface area contributed by atoms with Crippen molar-refractivity contribution in [3.8, 4) is 5.75 Å². The highest BCUT2D eigenvalue weighted by molar-refractivity contribution is 6.05. The van der Waals surface area contributed by atoms with Gasteiger partial charge in [-0.05, 0) is 42.0 Å². The SMILES string of the molecule is O=C(NCc1ccc(OCC(F)(F)F)cc1)/C(=C/c1ccco1)NC(=O)c1ccccc1. The first-order chi connectivity index (χ1) is 15.3. The average Bonchev–Trinajstić information content (AvgIpc) is 3.29. The Balaban J connectivity index is 1.64. The zero-order chi connectivity index (χ0) is 23.0. The van der Waals surface area contributed by atoms with Crippen molar-refractivity contribution in [2.24, 2.45) is 0 Å². The van der Waals surface area contributed by atoms with E-state index >= 15 is 0 Å². The first-order valence-electron chi connectivity index (χ1n) is 9.48. The number of hydrogen-bond acceptors (Lipinski definition) is 4. The molecule has 2 amide bonds. The Morgan fingerprint density at radius 1 is 0.969 bits per heavy atom. The molecular weight excluding hydrogens is 425 g/mol. The first-order valence-corrected chi connectivity index (χ1v) is 9.48. The molecule has 0 bridgehead atoms. The van der Waals surface area contributed by atoms with Crippen LogP contribution in [-0.2, 0) is 11.3 Å². The van der Waals surface area contributed by atoms with Gasteiger partial charge in [0.15, 0.2) is 6.61 Å². The normalized spacial score (nSPS) is 11.7. The lowest BCUT2D eigenvalue weighted by Gasteiger charge is -2.12. The molecule has 2 N–H and O–H groups in total. The molecule has 1 aromatic heterocycles. The average molecular weight is 444 g/mol. The second-order valence-corrected chi connectivity index (χ2v) is 6.62. The lowest BCUT2D eigenvalue weighted by atomic mass is 10.2. The smallest absolute Gasteiger partial charge is 0.422 e. The molecule has 0 saturated heterocycles. The molecular formula is C23H19F3N2O4. The van der Waals surface area contributed by atoms with Gasteiger partial charge in [-0.15, -0.1) is 0 Å². The molecule has 6 nitrogen and oxygen atoms in total. The van der Waals surface area contributed by atoms with Crippen LogP contribution in [0.2, 0.25) is 0 Å².